The molecule has 23 heavy (non-hydrogen) atoms. The summed E-state index contributed by atoms with van der Waals surface area (Å²) in [6.07, 6.45) is 0.441. The van der Waals surface area contributed by atoms with E-state index in [4.69, 9.17) is 11.6 Å². The van der Waals surface area contributed by atoms with Crippen LogP contribution in [0.1, 0.15) is 24.9 Å². The van der Waals surface area contributed by atoms with Crippen molar-refractivity contribution in [2.24, 2.45) is 0 Å². The number of hydrogen-bond acceptors (Lipinski definition) is 2. The first-order valence-corrected chi connectivity index (χ1v) is 8.73. The Morgan fingerprint density at radius 2 is 1.78 bits per heavy atom. The van der Waals surface area contributed by atoms with Gasteiger partial charge in [-0.25, -0.2) is 4.39 Å². The summed E-state index contributed by atoms with van der Waals surface area (Å²) < 4.78 is 12.8. The summed E-state index contributed by atoms with van der Waals surface area (Å²) in [4.78, 5) is 15.0. The number of hydrogen-bond donors (Lipinski definition) is 0. The Bertz CT molecular complexity index is 645. The van der Waals surface area contributed by atoms with E-state index in [2.05, 4.69) is 0 Å². The predicted molar refractivity (Wildman–Crippen MR) is 94.4 cm³/mol. The SMILES string of the molecule is CC(c1ccc(Cl)cc1)N(C)C(=O)CCSc1ccc(F)cc1. The van der Waals surface area contributed by atoms with Crippen LogP contribution in [0.3, 0.4) is 0 Å². The summed E-state index contributed by atoms with van der Waals surface area (Å²) in [6.45, 7) is 1.99. The second kappa shape index (κ2) is 8.37. The molecule has 122 valence electrons. The molecule has 2 nitrogen and oxygen atoms in total. The van der Waals surface area contributed by atoms with Gasteiger partial charge in [0, 0.05) is 29.1 Å². The summed E-state index contributed by atoms with van der Waals surface area (Å²) in [5, 5.41) is 0.686. The minimum atomic E-state index is -0.248. The molecular formula is C18H19ClFNOS. The van der Waals surface area contributed by atoms with Crippen LogP contribution in [0, 0.1) is 5.82 Å². The highest BCUT2D eigenvalue weighted by Crippen LogP contribution is 2.23. The van der Waals surface area contributed by atoms with E-state index in [0.717, 1.165) is 10.5 Å². The largest absolute Gasteiger partial charge is 0.339 e. The van der Waals surface area contributed by atoms with E-state index >= 15 is 0 Å². The standard InChI is InChI=1S/C18H19ClFNOS/c1-13(14-3-5-15(19)6-4-14)21(2)18(22)11-12-23-17-9-7-16(20)8-10-17/h3-10,13H,11-12H2,1-2H3. The molecule has 0 heterocycles. The van der Waals surface area contributed by atoms with Crippen molar-refractivity contribution in [2.75, 3.05) is 12.8 Å². The van der Waals surface area contributed by atoms with E-state index in [9.17, 15) is 9.18 Å². The molecule has 0 saturated carbocycles. The Morgan fingerprint density at radius 1 is 1.17 bits per heavy atom. The summed E-state index contributed by atoms with van der Waals surface area (Å²) >= 11 is 7.44. The van der Waals surface area contributed by atoms with E-state index in [0.29, 0.717) is 17.2 Å². The number of carbonyl (C=O) groups is 1. The van der Waals surface area contributed by atoms with Crippen LogP contribution in [0.25, 0.3) is 0 Å². The first-order chi connectivity index (χ1) is 11.0. The molecule has 0 spiro atoms. The third-order valence-corrected chi connectivity index (χ3v) is 4.99. The van der Waals surface area contributed by atoms with Crippen molar-refractivity contribution < 1.29 is 9.18 Å². The minimum Gasteiger partial charge on any atom is -0.339 e. The van der Waals surface area contributed by atoms with Crippen LogP contribution >= 0.6 is 23.4 Å². The van der Waals surface area contributed by atoms with Gasteiger partial charge in [-0.3, -0.25) is 4.79 Å². The van der Waals surface area contributed by atoms with Crippen molar-refractivity contribution in [1.29, 1.82) is 0 Å². The van der Waals surface area contributed by atoms with Gasteiger partial charge in [-0.2, -0.15) is 0 Å². The third kappa shape index (κ3) is 5.26. The van der Waals surface area contributed by atoms with Crippen LogP contribution in [0.15, 0.2) is 53.4 Å². The summed E-state index contributed by atoms with van der Waals surface area (Å²) in [5.41, 5.74) is 1.05. The third-order valence-electron chi connectivity index (χ3n) is 3.73. The highest BCUT2D eigenvalue weighted by atomic mass is 35.5. The van der Waals surface area contributed by atoms with Crippen molar-refractivity contribution in [1.82, 2.24) is 4.90 Å². The highest BCUT2D eigenvalue weighted by molar-refractivity contribution is 7.99. The van der Waals surface area contributed by atoms with Crippen LogP contribution in [0.5, 0.6) is 0 Å². The molecule has 1 amide bonds. The zero-order valence-corrected chi connectivity index (χ0v) is 14.7. The monoisotopic (exact) mass is 351 g/mol. The molecule has 0 radical (unpaired) electrons. The van der Waals surface area contributed by atoms with Crippen molar-refractivity contribution in [2.45, 2.75) is 24.3 Å². The normalized spacial score (nSPS) is 12.0. The fourth-order valence-corrected chi connectivity index (χ4v) is 3.11. The maximum absolute atomic E-state index is 12.8. The van der Waals surface area contributed by atoms with Gasteiger partial charge in [0.25, 0.3) is 0 Å². The first-order valence-electron chi connectivity index (χ1n) is 7.37. The van der Waals surface area contributed by atoms with Crippen molar-refractivity contribution >= 4 is 29.3 Å². The Morgan fingerprint density at radius 3 is 2.39 bits per heavy atom. The number of thioether (sulfide) groups is 1. The number of halogens is 2. The second-order valence-corrected chi connectivity index (χ2v) is 6.89. The Labute approximate surface area is 145 Å². The van der Waals surface area contributed by atoms with E-state index in [1.807, 2.05) is 38.2 Å². The predicted octanol–water partition coefficient (Wildman–Crippen LogP) is 5.18. The number of benzene rings is 2. The van der Waals surface area contributed by atoms with Gasteiger partial charge in [-0.1, -0.05) is 23.7 Å². The Hall–Kier alpha value is -1.52. The lowest BCUT2D eigenvalue weighted by Gasteiger charge is -2.25. The lowest BCUT2D eigenvalue weighted by Crippen LogP contribution is -2.29. The van der Waals surface area contributed by atoms with Crippen molar-refractivity contribution in [3.63, 3.8) is 0 Å². The molecule has 1 atom stereocenters. The van der Waals surface area contributed by atoms with E-state index < -0.39 is 0 Å². The number of carbonyl (C=O) groups excluding carboxylic acids is 1. The smallest absolute Gasteiger partial charge is 0.223 e. The van der Waals surface area contributed by atoms with E-state index in [1.165, 1.54) is 12.1 Å². The summed E-state index contributed by atoms with van der Waals surface area (Å²) in [6, 6.07) is 13.8. The molecule has 0 aliphatic carbocycles. The highest BCUT2D eigenvalue weighted by Gasteiger charge is 2.17. The fraction of sp³-hybridized carbons (Fsp3) is 0.278. The molecule has 0 saturated heterocycles. The molecule has 2 aromatic carbocycles. The zero-order chi connectivity index (χ0) is 16.8. The fourth-order valence-electron chi connectivity index (χ4n) is 2.14. The molecule has 2 aromatic rings. The molecule has 1 unspecified atom stereocenters. The van der Waals surface area contributed by atoms with Crippen LogP contribution in [0.4, 0.5) is 4.39 Å². The molecule has 0 bridgehead atoms. The van der Waals surface area contributed by atoms with Crippen LogP contribution in [0.2, 0.25) is 5.02 Å². The first kappa shape index (κ1) is 17.8. The Kier molecular flexibility index (Phi) is 6.48. The van der Waals surface area contributed by atoms with Gasteiger partial charge in [0.1, 0.15) is 5.82 Å². The number of amides is 1. The van der Waals surface area contributed by atoms with Gasteiger partial charge >= 0.3 is 0 Å². The van der Waals surface area contributed by atoms with Gasteiger partial charge in [0.05, 0.1) is 6.04 Å². The maximum atomic E-state index is 12.8. The Balaban J connectivity index is 1.84. The van der Waals surface area contributed by atoms with Gasteiger partial charge in [0.2, 0.25) is 5.91 Å². The zero-order valence-electron chi connectivity index (χ0n) is 13.1. The second-order valence-electron chi connectivity index (χ2n) is 5.28. The quantitative estimate of drug-likeness (QED) is 0.668. The summed E-state index contributed by atoms with van der Waals surface area (Å²) in [5.74, 6) is 0.506. The molecule has 0 aliphatic heterocycles. The van der Waals surface area contributed by atoms with Crippen LogP contribution < -0.4 is 0 Å². The topological polar surface area (TPSA) is 20.3 Å². The van der Waals surface area contributed by atoms with Crippen LogP contribution in [-0.2, 0) is 4.79 Å². The summed E-state index contributed by atoms with van der Waals surface area (Å²) in [7, 11) is 1.81. The minimum absolute atomic E-state index is 0.00409. The molecule has 0 aromatic heterocycles. The van der Waals surface area contributed by atoms with E-state index in [1.54, 1.807) is 28.8 Å². The van der Waals surface area contributed by atoms with Crippen molar-refractivity contribution in [3.05, 3.63) is 64.9 Å². The van der Waals surface area contributed by atoms with Crippen molar-refractivity contribution in [3.8, 4) is 0 Å². The lowest BCUT2D eigenvalue weighted by atomic mass is 10.1. The van der Waals surface area contributed by atoms with E-state index in [-0.39, 0.29) is 17.8 Å². The molecular weight excluding hydrogens is 333 g/mol. The van der Waals surface area contributed by atoms with Gasteiger partial charge in [-0.15, -0.1) is 11.8 Å². The molecule has 2 rings (SSSR count). The number of rotatable bonds is 6. The molecule has 0 N–H and O–H groups in total. The average Bonchev–Trinajstić information content (AvgIpc) is 2.56. The maximum Gasteiger partial charge on any atom is 0.223 e. The average molecular weight is 352 g/mol. The molecule has 0 aliphatic rings. The molecule has 5 heteroatoms. The lowest BCUT2D eigenvalue weighted by molar-refractivity contribution is -0.131. The van der Waals surface area contributed by atoms with Gasteiger partial charge in [-0.05, 0) is 48.9 Å². The van der Waals surface area contributed by atoms with Gasteiger partial charge < -0.3 is 4.90 Å². The molecule has 0 fully saturated rings. The number of nitrogens with zero attached hydrogens (tertiary/aromatic N) is 1. The van der Waals surface area contributed by atoms with Gasteiger partial charge in [0.15, 0.2) is 0 Å². The van der Waals surface area contributed by atoms with Crippen LogP contribution in [-0.4, -0.2) is 23.6 Å².